The summed E-state index contributed by atoms with van der Waals surface area (Å²) in [6, 6.07) is 9.93. The van der Waals surface area contributed by atoms with Gasteiger partial charge in [-0.15, -0.1) is 0 Å². The van der Waals surface area contributed by atoms with Gasteiger partial charge in [0.25, 0.3) is 0 Å². The van der Waals surface area contributed by atoms with Crippen molar-refractivity contribution >= 4 is 11.6 Å². The fourth-order valence-electron chi connectivity index (χ4n) is 3.90. The van der Waals surface area contributed by atoms with Gasteiger partial charge in [0.2, 0.25) is 5.91 Å². The number of anilines is 1. The van der Waals surface area contributed by atoms with Crippen LogP contribution in [0.15, 0.2) is 24.3 Å². The molecule has 5 heteroatoms. The molecule has 3 rings (SSSR count). The molecule has 0 saturated carbocycles. The summed E-state index contributed by atoms with van der Waals surface area (Å²) >= 11 is 0. The van der Waals surface area contributed by atoms with E-state index in [1.54, 1.807) is 0 Å². The summed E-state index contributed by atoms with van der Waals surface area (Å²) in [6.45, 7) is 2.82. The molecule has 1 aromatic rings. The van der Waals surface area contributed by atoms with Crippen LogP contribution in [0.2, 0.25) is 0 Å². The minimum Gasteiger partial charge on any atom is -0.370 e. The lowest BCUT2D eigenvalue weighted by atomic mass is 9.81. The summed E-state index contributed by atoms with van der Waals surface area (Å²) in [5.41, 5.74) is 7.23. The predicted molar refractivity (Wildman–Crippen MR) is 94.1 cm³/mol. The van der Waals surface area contributed by atoms with E-state index in [-0.39, 0.29) is 11.9 Å². The Balaban J connectivity index is 1.52. The summed E-state index contributed by atoms with van der Waals surface area (Å²) in [6.07, 6.45) is 6.56. The highest BCUT2D eigenvalue weighted by atomic mass is 16.1. The summed E-state index contributed by atoms with van der Waals surface area (Å²) in [5, 5.41) is 12.5. The fourth-order valence-corrected chi connectivity index (χ4v) is 3.90. The summed E-state index contributed by atoms with van der Waals surface area (Å²) in [7, 11) is 0. The number of piperidine rings is 2. The monoisotopic (exact) mass is 325 g/mol. The Morgan fingerprint density at radius 3 is 2.71 bits per heavy atom. The highest BCUT2D eigenvalue weighted by molar-refractivity contribution is 5.79. The third-order valence-corrected chi connectivity index (χ3v) is 5.24. The normalized spacial score (nSPS) is 25.2. The SMILES string of the molecule is N#Cc1ccccc1N1CCC([CH]C2CCNC(C(N)=O)C2)CC1. The second-order valence-electron chi connectivity index (χ2n) is 6.84. The van der Waals surface area contributed by atoms with Crippen molar-refractivity contribution in [3.63, 3.8) is 0 Å². The molecular weight excluding hydrogens is 300 g/mol. The van der Waals surface area contributed by atoms with E-state index in [1.165, 1.54) is 0 Å². The van der Waals surface area contributed by atoms with Gasteiger partial charge in [-0.3, -0.25) is 4.79 Å². The molecule has 3 N–H and O–H groups in total. The first-order valence-electron chi connectivity index (χ1n) is 8.79. The van der Waals surface area contributed by atoms with Gasteiger partial charge in [0.1, 0.15) is 6.07 Å². The number of amides is 1. The predicted octanol–water partition coefficient (Wildman–Crippen LogP) is 1.83. The molecule has 0 aromatic heterocycles. The second kappa shape index (κ2) is 7.67. The quantitative estimate of drug-likeness (QED) is 0.885. The van der Waals surface area contributed by atoms with Crippen LogP contribution in [-0.2, 0) is 4.79 Å². The van der Waals surface area contributed by atoms with Gasteiger partial charge in [0.05, 0.1) is 17.3 Å². The molecule has 1 amide bonds. The van der Waals surface area contributed by atoms with Gasteiger partial charge in [-0.1, -0.05) is 12.1 Å². The Kier molecular flexibility index (Phi) is 5.37. The van der Waals surface area contributed by atoms with Gasteiger partial charge < -0.3 is 16.0 Å². The van der Waals surface area contributed by atoms with Crippen molar-refractivity contribution in [2.75, 3.05) is 24.5 Å². The van der Waals surface area contributed by atoms with Gasteiger partial charge in [-0.05, 0) is 62.6 Å². The average Bonchev–Trinajstić information content (AvgIpc) is 2.62. The Labute approximate surface area is 143 Å². The maximum absolute atomic E-state index is 11.4. The number of carbonyl (C=O) groups excluding carboxylic acids is 1. The number of nitrogens with zero attached hydrogens (tertiary/aromatic N) is 2. The van der Waals surface area contributed by atoms with Crippen LogP contribution in [0.1, 0.15) is 31.2 Å². The van der Waals surface area contributed by atoms with Crippen molar-refractivity contribution in [1.29, 1.82) is 5.26 Å². The molecule has 127 valence electrons. The molecule has 2 atom stereocenters. The van der Waals surface area contributed by atoms with Gasteiger partial charge >= 0.3 is 0 Å². The number of primary amides is 1. The van der Waals surface area contributed by atoms with Crippen LogP contribution in [0, 0.1) is 29.6 Å². The number of nitrogens with two attached hydrogens (primary N) is 1. The molecule has 1 aromatic carbocycles. The Hall–Kier alpha value is -2.06. The molecule has 0 spiro atoms. The lowest BCUT2D eigenvalue weighted by Crippen LogP contribution is -2.47. The van der Waals surface area contributed by atoms with Crippen LogP contribution in [0.25, 0.3) is 0 Å². The number of nitrogens with one attached hydrogen (secondary N) is 1. The lowest BCUT2D eigenvalue weighted by molar-refractivity contribution is -0.120. The van der Waals surface area contributed by atoms with Crippen molar-refractivity contribution in [3.8, 4) is 6.07 Å². The minimum absolute atomic E-state index is 0.178. The van der Waals surface area contributed by atoms with Crippen molar-refractivity contribution in [2.24, 2.45) is 17.6 Å². The van der Waals surface area contributed by atoms with E-state index in [4.69, 9.17) is 5.73 Å². The number of carbonyl (C=O) groups is 1. The van der Waals surface area contributed by atoms with Crippen molar-refractivity contribution in [1.82, 2.24) is 5.32 Å². The van der Waals surface area contributed by atoms with E-state index in [1.807, 2.05) is 24.3 Å². The number of hydrogen-bond donors (Lipinski definition) is 2. The molecule has 2 fully saturated rings. The second-order valence-corrected chi connectivity index (χ2v) is 6.84. The third kappa shape index (κ3) is 3.88. The molecule has 2 saturated heterocycles. The molecule has 2 aliphatic heterocycles. The zero-order valence-corrected chi connectivity index (χ0v) is 13.9. The topological polar surface area (TPSA) is 82.2 Å². The highest BCUT2D eigenvalue weighted by Crippen LogP contribution is 2.31. The van der Waals surface area contributed by atoms with E-state index < -0.39 is 0 Å². The van der Waals surface area contributed by atoms with Gasteiger partial charge in [-0.2, -0.15) is 5.26 Å². The number of benzene rings is 1. The number of nitriles is 1. The minimum atomic E-state index is -0.240. The number of hydrogen-bond acceptors (Lipinski definition) is 4. The van der Waals surface area contributed by atoms with Crippen LogP contribution in [0.4, 0.5) is 5.69 Å². The van der Waals surface area contributed by atoms with Gasteiger partial charge in [0, 0.05) is 13.1 Å². The fraction of sp³-hybridized carbons (Fsp3) is 0.526. The molecule has 2 unspecified atom stereocenters. The van der Waals surface area contributed by atoms with Crippen LogP contribution >= 0.6 is 0 Å². The maximum Gasteiger partial charge on any atom is 0.234 e. The lowest BCUT2D eigenvalue weighted by Gasteiger charge is -2.37. The summed E-state index contributed by atoms with van der Waals surface area (Å²) < 4.78 is 0. The highest BCUT2D eigenvalue weighted by Gasteiger charge is 2.29. The van der Waals surface area contributed by atoms with Crippen molar-refractivity contribution in [2.45, 2.75) is 31.7 Å². The zero-order chi connectivity index (χ0) is 16.9. The molecular formula is C19H25N4O. The van der Waals surface area contributed by atoms with Crippen molar-refractivity contribution < 1.29 is 4.79 Å². The largest absolute Gasteiger partial charge is 0.370 e. The average molecular weight is 325 g/mol. The Morgan fingerprint density at radius 1 is 1.25 bits per heavy atom. The standard InChI is InChI=1S/C19H25N4O/c20-13-16-3-1-2-4-18(16)23-9-6-14(7-10-23)11-15-5-8-22-17(12-15)19(21)24/h1-4,11,14-15,17,22H,5-10,12H2,(H2,21,24). The molecule has 24 heavy (non-hydrogen) atoms. The zero-order valence-electron chi connectivity index (χ0n) is 13.9. The van der Waals surface area contributed by atoms with E-state index in [9.17, 15) is 10.1 Å². The molecule has 0 bridgehead atoms. The van der Waals surface area contributed by atoms with Crippen LogP contribution in [0.3, 0.4) is 0 Å². The molecule has 5 nitrogen and oxygen atoms in total. The molecule has 1 radical (unpaired) electrons. The third-order valence-electron chi connectivity index (χ3n) is 5.24. The van der Waals surface area contributed by atoms with Gasteiger partial charge in [-0.25, -0.2) is 0 Å². The number of rotatable bonds is 4. The number of para-hydroxylation sites is 1. The van der Waals surface area contributed by atoms with Crippen LogP contribution in [-0.4, -0.2) is 31.6 Å². The van der Waals surface area contributed by atoms with Gasteiger partial charge in [0.15, 0.2) is 0 Å². The first kappa shape index (κ1) is 16.8. The van der Waals surface area contributed by atoms with Crippen LogP contribution < -0.4 is 16.0 Å². The van der Waals surface area contributed by atoms with Crippen molar-refractivity contribution in [3.05, 3.63) is 36.2 Å². The van der Waals surface area contributed by atoms with E-state index >= 15 is 0 Å². The Bertz CT molecular complexity index is 616. The van der Waals surface area contributed by atoms with E-state index in [0.717, 1.165) is 56.6 Å². The first-order valence-corrected chi connectivity index (χ1v) is 8.79. The van der Waals surface area contributed by atoms with E-state index in [0.29, 0.717) is 11.8 Å². The van der Waals surface area contributed by atoms with E-state index in [2.05, 4.69) is 22.7 Å². The summed E-state index contributed by atoms with van der Waals surface area (Å²) in [4.78, 5) is 13.7. The van der Waals surface area contributed by atoms with Crippen LogP contribution in [0.5, 0.6) is 0 Å². The smallest absolute Gasteiger partial charge is 0.234 e. The maximum atomic E-state index is 11.4. The Morgan fingerprint density at radius 2 is 2.00 bits per heavy atom. The first-order chi connectivity index (χ1) is 11.7. The molecule has 2 heterocycles. The summed E-state index contributed by atoms with van der Waals surface area (Å²) in [5.74, 6) is 0.829. The molecule has 2 aliphatic rings. The molecule has 0 aliphatic carbocycles.